The second kappa shape index (κ2) is 9.73. The molecule has 4 heterocycles. The molecule has 0 N–H and O–H groups in total. The minimum absolute atomic E-state index is 0.167. The van der Waals surface area contributed by atoms with Crippen LogP contribution in [0.25, 0.3) is 22.5 Å². The van der Waals surface area contributed by atoms with Gasteiger partial charge in [-0.2, -0.15) is 5.10 Å². The van der Waals surface area contributed by atoms with Gasteiger partial charge >= 0.3 is 0 Å². The number of amides is 1. The van der Waals surface area contributed by atoms with Crippen molar-refractivity contribution in [3.05, 3.63) is 71.1 Å². The summed E-state index contributed by atoms with van der Waals surface area (Å²) in [7, 11) is 0. The van der Waals surface area contributed by atoms with E-state index < -0.39 is 18.1 Å². The standard InChI is InChI=1S/C25H23F4N5O2/c1-15-22-17(24(28)29)12-19(20-6-3-11-36-20)30-25(22)34(31-15)14-21(35)33-9-7-32(8-10-33)13-16-4-2-5-18(26)23(16)27/h2-6,11-12,24H,7-10,13-14H2,1H3. The summed E-state index contributed by atoms with van der Waals surface area (Å²) in [6.07, 6.45) is -1.33. The highest BCUT2D eigenvalue weighted by molar-refractivity contribution is 5.86. The average molecular weight is 501 g/mol. The van der Waals surface area contributed by atoms with Crippen LogP contribution in [0.1, 0.15) is 23.2 Å². The van der Waals surface area contributed by atoms with E-state index in [1.54, 1.807) is 30.0 Å². The molecule has 0 spiro atoms. The van der Waals surface area contributed by atoms with Crippen LogP contribution in [-0.4, -0.2) is 56.7 Å². The van der Waals surface area contributed by atoms with Crippen molar-refractivity contribution in [3.8, 4) is 11.5 Å². The zero-order valence-electron chi connectivity index (χ0n) is 19.4. The van der Waals surface area contributed by atoms with Crippen LogP contribution in [0, 0.1) is 18.6 Å². The van der Waals surface area contributed by atoms with Crippen molar-refractivity contribution in [2.75, 3.05) is 26.2 Å². The summed E-state index contributed by atoms with van der Waals surface area (Å²) in [6.45, 7) is 3.43. The van der Waals surface area contributed by atoms with E-state index in [1.807, 2.05) is 4.90 Å². The minimum atomic E-state index is -2.76. The van der Waals surface area contributed by atoms with Crippen LogP contribution in [0.2, 0.25) is 0 Å². The zero-order valence-corrected chi connectivity index (χ0v) is 19.4. The molecule has 0 aliphatic carbocycles. The van der Waals surface area contributed by atoms with Gasteiger partial charge in [0.1, 0.15) is 12.2 Å². The molecule has 4 aromatic rings. The third kappa shape index (κ3) is 4.58. The second-order valence-corrected chi connectivity index (χ2v) is 8.69. The van der Waals surface area contributed by atoms with Crippen LogP contribution in [0.4, 0.5) is 17.6 Å². The van der Waals surface area contributed by atoms with Gasteiger partial charge < -0.3 is 9.32 Å². The van der Waals surface area contributed by atoms with E-state index in [0.29, 0.717) is 37.6 Å². The first-order valence-electron chi connectivity index (χ1n) is 11.4. The van der Waals surface area contributed by atoms with Crippen molar-refractivity contribution in [1.82, 2.24) is 24.6 Å². The Morgan fingerprint density at radius 3 is 2.58 bits per heavy atom. The molecular weight excluding hydrogens is 478 g/mol. The molecule has 1 saturated heterocycles. The van der Waals surface area contributed by atoms with Crippen LogP contribution in [0.3, 0.4) is 0 Å². The topological polar surface area (TPSA) is 67.4 Å². The van der Waals surface area contributed by atoms with Crippen molar-refractivity contribution >= 4 is 16.9 Å². The number of hydrogen-bond donors (Lipinski definition) is 0. The maximum absolute atomic E-state index is 14.0. The molecule has 11 heteroatoms. The summed E-state index contributed by atoms with van der Waals surface area (Å²) in [6, 6.07) is 8.63. The van der Waals surface area contributed by atoms with Gasteiger partial charge in [-0.15, -0.1) is 0 Å². The number of carbonyl (C=O) groups is 1. The molecule has 0 atom stereocenters. The molecule has 3 aromatic heterocycles. The monoisotopic (exact) mass is 501 g/mol. The average Bonchev–Trinajstić information content (AvgIpc) is 3.51. The van der Waals surface area contributed by atoms with E-state index in [9.17, 15) is 22.4 Å². The quantitative estimate of drug-likeness (QED) is 0.363. The number of aromatic nitrogens is 3. The Morgan fingerprint density at radius 1 is 1.11 bits per heavy atom. The van der Waals surface area contributed by atoms with Gasteiger partial charge in [-0.3, -0.25) is 9.69 Å². The van der Waals surface area contributed by atoms with Gasteiger partial charge in [0.15, 0.2) is 23.0 Å². The number of furan rings is 1. The highest BCUT2D eigenvalue weighted by Gasteiger charge is 2.26. The molecule has 5 rings (SSSR count). The molecular formula is C25H23F4N5O2. The molecule has 36 heavy (non-hydrogen) atoms. The summed E-state index contributed by atoms with van der Waals surface area (Å²) >= 11 is 0. The molecule has 1 fully saturated rings. The smallest absolute Gasteiger partial charge is 0.264 e. The summed E-state index contributed by atoms with van der Waals surface area (Å²) in [5, 5.41) is 4.55. The van der Waals surface area contributed by atoms with Crippen molar-refractivity contribution in [1.29, 1.82) is 0 Å². The first-order chi connectivity index (χ1) is 17.3. The molecule has 1 amide bonds. The van der Waals surface area contributed by atoms with E-state index >= 15 is 0 Å². The van der Waals surface area contributed by atoms with Gasteiger partial charge in [0.25, 0.3) is 6.43 Å². The number of carbonyl (C=O) groups excluding carboxylic acids is 1. The van der Waals surface area contributed by atoms with Gasteiger partial charge in [0.05, 0.1) is 17.3 Å². The van der Waals surface area contributed by atoms with E-state index in [2.05, 4.69) is 10.1 Å². The lowest BCUT2D eigenvalue weighted by molar-refractivity contribution is -0.133. The van der Waals surface area contributed by atoms with Crippen molar-refractivity contribution < 1.29 is 26.8 Å². The number of nitrogens with zero attached hydrogens (tertiary/aromatic N) is 5. The molecule has 7 nitrogen and oxygen atoms in total. The second-order valence-electron chi connectivity index (χ2n) is 8.69. The van der Waals surface area contributed by atoms with Gasteiger partial charge in [0.2, 0.25) is 5.91 Å². The first kappa shape index (κ1) is 24.0. The fourth-order valence-corrected chi connectivity index (χ4v) is 4.51. The molecule has 1 aliphatic heterocycles. The predicted molar refractivity (Wildman–Crippen MR) is 123 cm³/mol. The van der Waals surface area contributed by atoms with E-state index in [1.165, 1.54) is 23.1 Å². The van der Waals surface area contributed by atoms with Gasteiger partial charge in [-0.05, 0) is 31.2 Å². The number of halogens is 4. The fraction of sp³-hybridized carbons (Fsp3) is 0.320. The lowest BCUT2D eigenvalue weighted by Gasteiger charge is -2.34. The molecule has 1 aromatic carbocycles. The highest BCUT2D eigenvalue weighted by atomic mass is 19.3. The van der Waals surface area contributed by atoms with E-state index in [0.717, 1.165) is 6.07 Å². The number of rotatable bonds is 6. The molecule has 0 radical (unpaired) electrons. The predicted octanol–water partition coefficient (Wildman–Crippen LogP) is 4.56. The highest BCUT2D eigenvalue weighted by Crippen LogP contribution is 2.33. The Balaban J connectivity index is 1.32. The number of fused-ring (bicyclic) bond motifs is 1. The number of piperazine rings is 1. The van der Waals surface area contributed by atoms with Crippen LogP contribution >= 0.6 is 0 Å². The Hall–Kier alpha value is -3.73. The van der Waals surface area contributed by atoms with Crippen LogP contribution in [0.5, 0.6) is 0 Å². The van der Waals surface area contributed by atoms with Crippen molar-refractivity contribution in [2.45, 2.75) is 26.4 Å². The van der Waals surface area contributed by atoms with Crippen LogP contribution in [-0.2, 0) is 17.9 Å². The maximum Gasteiger partial charge on any atom is 0.264 e. The maximum atomic E-state index is 14.0. The molecule has 0 bridgehead atoms. The SMILES string of the molecule is Cc1nn(CC(=O)N2CCN(Cc3cccc(F)c3F)CC2)c2nc(-c3ccco3)cc(C(F)F)c12. The first-order valence-corrected chi connectivity index (χ1v) is 11.4. The van der Waals surface area contributed by atoms with Crippen molar-refractivity contribution in [3.63, 3.8) is 0 Å². The number of alkyl halides is 2. The Bertz CT molecular complexity index is 1400. The Morgan fingerprint density at radius 2 is 1.89 bits per heavy atom. The number of aryl methyl sites for hydroxylation is 1. The Kier molecular flexibility index (Phi) is 6.48. The summed E-state index contributed by atoms with van der Waals surface area (Å²) in [4.78, 5) is 21.1. The summed E-state index contributed by atoms with van der Waals surface area (Å²) in [5.41, 5.74) is 0.815. The molecule has 188 valence electrons. The largest absolute Gasteiger partial charge is 0.463 e. The Labute approximate surface area is 203 Å². The fourth-order valence-electron chi connectivity index (χ4n) is 4.51. The summed E-state index contributed by atoms with van der Waals surface area (Å²) in [5.74, 6) is -1.65. The van der Waals surface area contributed by atoms with E-state index in [-0.39, 0.29) is 46.9 Å². The molecule has 1 aliphatic rings. The normalized spacial score (nSPS) is 14.8. The zero-order chi connectivity index (χ0) is 25.4. The van der Waals surface area contributed by atoms with Crippen LogP contribution in [0.15, 0.2) is 47.1 Å². The third-order valence-electron chi connectivity index (χ3n) is 6.35. The van der Waals surface area contributed by atoms with Gasteiger partial charge in [0, 0.05) is 43.9 Å². The lowest BCUT2D eigenvalue weighted by Crippen LogP contribution is -2.49. The lowest BCUT2D eigenvalue weighted by atomic mass is 10.1. The third-order valence-corrected chi connectivity index (χ3v) is 6.35. The van der Waals surface area contributed by atoms with Gasteiger partial charge in [-0.25, -0.2) is 27.2 Å². The van der Waals surface area contributed by atoms with E-state index in [4.69, 9.17) is 4.42 Å². The number of pyridine rings is 1. The molecule has 0 unspecified atom stereocenters. The summed E-state index contributed by atoms with van der Waals surface area (Å²) < 4.78 is 61.9. The minimum Gasteiger partial charge on any atom is -0.463 e. The number of benzene rings is 1. The molecule has 0 saturated carbocycles. The van der Waals surface area contributed by atoms with Crippen LogP contribution < -0.4 is 0 Å². The van der Waals surface area contributed by atoms with Crippen molar-refractivity contribution in [2.24, 2.45) is 0 Å². The number of hydrogen-bond acceptors (Lipinski definition) is 5. The van der Waals surface area contributed by atoms with Gasteiger partial charge in [-0.1, -0.05) is 12.1 Å².